The average molecular weight is 675 g/mol. The number of anilines is 1. The lowest BCUT2D eigenvalue weighted by Crippen LogP contribution is -2.23. The minimum absolute atomic E-state index is 0.384. The van der Waals surface area contributed by atoms with Crippen LogP contribution in [-0.4, -0.2) is 6.04 Å². The van der Waals surface area contributed by atoms with Crippen LogP contribution in [0, 0.1) is 18.8 Å². The third-order valence-electron chi connectivity index (χ3n) is 11.0. The van der Waals surface area contributed by atoms with E-state index in [4.69, 9.17) is 5.73 Å². The molecule has 0 amide bonds. The van der Waals surface area contributed by atoms with Gasteiger partial charge >= 0.3 is 0 Å². The quantitative estimate of drug-likeness (QED) is 0.130. The minimum atomic E-state index is 0.384. The Morgan fingerprint density at radius 1 is 0.647 bits per heavy atom. The Balaban J connectivity index is 1.05. The molecule has 10 rings (SSSR count). The maximum absolute atomic E-state index is 6.36. The van der Waals surface area contributed by atoms with Gasteiger partial charge in [0.1, 0.15) is 0 Å². The largest absolute Gasteiger partial charge is 0.398 e. The standard InChI is InChI=1S/C48H38N2S/c1-28-20-34(30-10-7-12-32(23-30)36-14-3-5-18-44(36)49)25-35(21-28)31-11-8-13-33(24-31)41-22-29(2)40(27-45(41)50-47-42-26-43(42)47)39-17-9-16-38-37-15-4-6-19-46(37)51-48(38)39/h3-21,23-27,29,42,47,50H,22,49H2,1-2H3/t29?,42?,47-/m1/s1. The molecule has 3 N–H and O–H groups in total. The van der Waals surface area contributed by atoms with E-state index in [9.17, 15) is 0 Å². The molecule has 0 saturated heterocycles. The van der Waals surface area contributed by atoms with Crippen LogP contribution in [0.25, 0.3) is 64.7 Å². The predicted molar refractivity (Wildman–Crippen MR) is 218 cm³/mol. The van der Waals surface area contributed by atoms with Crippen molar-refractivity contribution in [1.82, 2.24) is 5.32 Å². The normalized spacial score (nSPS) is 19.1. The summed E-state index contributed by atoms with van der Waals surface area (Å²) < 4.78 is 2.75. The summed E-state index contributed by atoms with van der Waals surface area (Å²) in [5.74, 6) is 1.05. The Labute approximate surface area is 303 Å². The second-order valence-corrected chi connectivity index (χ2v) is 15.6. The van der Waals surface area contributed by atoms with Crippen LogP contribution in [0.1, 0.15) is 30.0 Å². The van der Waals surface area contributed by atoms with Crippen LogP contribution in [0.2, 0.25) is 0 Å². The summed E-state index contributed by atoms with van der Waals surface area (Å²) in [6.07, 6.45) is 5.85. The molecule has 1 heterocycles. The lowest BCUT2D eigenvalue weighted by molar-refractivity contribution is 0.730. The van der Waals surface area contributed by atoms with Crippen LogP contribution in [-0.2, 0) is 0 Å². The van der Waals surface area contributed by atoms with E-state index in [0.29, 0.717) is 17.9 Å². The van der Waals surface area contributed by atoms with Crippen LogP contribution in [0.15, 0.2) is 157 Å². The molecule has 2 unspecified atom stereocenters. The summed E-state index contributed by atoms with van der Waals surface area (Å²) in [6, 6.07) is 49.1. The fourth-order valence-corrected chi connectivity index (χ4v) is 9.38. The molecule has 1 saturated carbocycles. The molecule has 3 atom stereocenters. The summed E-state index contributed by atoms with van der Waals surface area (Å²) in [7, 11) is 0. The molecule has 2 nitrogen and oxygen atoms in total. The number of para-hydroxylation sites is 1. The van der Waals surface area contributed by atoms with Gasteiger partial charge in [0.25, 0.3) is 0 Å². The molecule has 0 radical (unpaired) electrons. The molecule has 0 spiro atoms. The number of hydrogen-bond donors (Lipinski definition) is 2. The van der Waals surface area contributed by atoms with Crippen molar-refractivity contribution in [2.45, 2.75) is 26.3 Å². The fourth-order valence-electron chi connectivity index (χ4n) is 8.14. The van der Waals surface area contributed by atoms with Crippen molar-refractivity contribution >= 4 is 48.3 Å². The van der Waals surface area contributed by atoms with Crippen molar-refractivity contribution in [3.8, 4) is 33.4 Å². The maximum atomic E-state index is 6.36. The summed E-state index contributed by atoms with van der Waals surface area (Å²) in [4.78, 5) is 0. The SMILES string of the molecule is Cc1cc(-c2cccc(C3=C(N[C@H]4C5=CC54)C=C(c4cccc5c4sc4ccccc45)C(C)C3)c2)cc(-c2cccc(-c3ccccc3N)c2)c1. The van der Waals surface area contributed by atoms with E-state index >= 15 is 0 Å². The number of thiophene rings is 1. The average Bonchev–Trinajstić information content (AvgIpc) is 4.06. The van der Waals surface area contributed by atoms with Crippen molar-refractivity contribution in [1.29, 1.82) is 0 Å². The predicted octanol–water partition coefficient (Wildman–Crippen LogP) is 12.3. The van der Waals surface area contributed by atoms with Crippen molar-refractivity contribution in [3.63, 3.8) is 0 Å². The zero-order valence-corrected chi connectivity index (χ0v) is 29.6. The van der Waals surface area contributed by atoms with Crippen LogP contribution >= 0.6 is 11.3 Å². The Hall–Kier alpha value is -5.64. The Kier molecular flexibility index (Phi) is 6.94. The molecule has 246 valence electrons. The number of hydrogen-bond acceptors (Lipinski definition) is 3. The van der Waals surface area contributed by atoms with Crippen molar-refractivity contribution in [2.24, 2.45) is 11.8 Å². The second kappa shape index (κ2) is 11.7. The zero-order valence-electron chi connectivity index (χ0n) is 28.8. The number of nitrogens with two attached hydrogens (primary N) is 1. The first-order valence-corrected chi connectivity index (χ1v) is 18.8. The molecule has 7 aromatic rings. The van der Waals surface area contributed by atoms with Gasteiger partial charge in [0.15, 0.2) is 0 Å². The topological polar surface area (TPSA) is 38.0 Å². The molecule has 3 aliphatic rings. The highest BCUT2D eigenvalue weighted by Crippen LogP contribution is 2.55. The maximum Gasteiger partial charge on any atom is 0.0581 e. The van der Waals surface area contributed by atoms with Crippen molar-refractivity contribution < 1.29 is 0 Å². The highest BCUT2D eigenvalue weighted by molar-refractivity contribution is 7.26. The molecule has 0 bridgehead atoms. The third-order valence-corrected chi connectivity index (χ3v) is 12.3. The van der Waals surface area contributed by atoms with Gasteiger partial charge in [0.05, 0.1) is 6.04 Å². The van der Waals surface area contributed by atoms with Crippen molar-refractivity contribution in [2.75, 3.05) is 5.73 Å². The minimum Gasteiger partial charge on any atom is -0.398 e. The van der Waals surface area contributed by atoms with Gasteiger partial charge in [0, 0.05) is 43.0 Å². The number of allylic oxidation sites excluding steroid dienone is 3. The van der Waals surface area contributed by atoms with Gasteiger partial charge in [-0.3, -0.25) is 0 Å². The smallest absolute Gasteiger partial charge is 0.0581 e. The molecular formula is C48H38N2S. The lowest BCUT2D eigenvalue weighted by atomic mass is 9.80. The molecular weight excluding hydrogens is 637 g/mol. The van der Waals surface area contributed by atoms with E-state index < -0.39 is 0 Å². The number of rotatable bonds is 7. The number of benzene rings is 6. The monoisotopic (exact) mass is 674 g/mol. The van der Waals surface area contributed by atoms with Crippen LogP contribution in [0.3, 0.4) is 0 Å². The molecule has 0 aliphatic heterocycles. The highest BCUT2D eigenvalue weighted by atomic mass is 32.1. The van der Waals surface area contributed by atoms with E-state index in [1.54, 1.807) is 5.57 Å². The fraction of sp³-hybridized carbons (Fsp3) is 0.125. The number of nitrogen functional groups attached to an aromatic ring is 1. The Morgan fingerprint density at radius 3 is 2.04 bits per heavy atom. The summed E-state index contributed by atoms with van der Waals surface area (Å²) >= 11 is 1.92. The van der Waals surface area contributed by atoms with Crippen LogP contribution < -0.4 is 11.1 Å². The number of fused-ring (bicyclic) bond motifs is 4. The lowest BCUT2D eigenvalue weighted by Gasteiger charge is -2.28. The van der Waals surface area contributed by atoms with Gasteiger partial charge in [0.2, 0.25) is 0 Å². The van der Waals surface area contributed by atoms with Gasteiger partial charge < -0.3 is 11.1 Å². The Morgan fingerprint density at radius 2 is 1.27 bits per heavy atom. The second-order valence-electron chi connectivity index (χ2n) is 14.5. The van der Waals surface area contributed by atoms with Crippen LogP contribution in [0.4, 0.5) is 5.69 Å². The Bertz CT molecular complexity index is 2650. The van der Waals surface area contributed by atoms with Gasteiger partial charge in [-0.1, -0.05) is 116 Å². The first-order chi connectivity index (χ1) is 25.0. The third kappa shape index (κ3) is 5.32. The first-order valence-electron chi connectivity index (χ1n) is 18.0. The molecule has 51 heavy (non-hydrogen) atoms. The molecule has 6 aromatic carbocycles. The molecule has 1 aromatic heterocycles. The molecule has 1 fully saturated rings. The first kappa shape index (κ1) is 30.2. The summed E-state index contributed by atoms with van der Waals surface area (Å²) in [5.41, 5.74) is 23.8. The van der Waals surface area contributed by atoms with E-state index in [1.165, 1.54) is 76.0 Å². The highest BCUT2D eigenvalue weighted by Gasteiger charge is 2.54. The molecule has 3 heteroatoms. The zero-order chi connectivity index (χ0) is 34.2. The molecule has 3 aliphatic carbocycles. The van der Waals surface area contributed by atoms with E-state index in [0.717, 1.165) is 23.2 Å². The van der Waals surface area contributed by atoms with Gasteiger partial charge in [-0.15, -0.1) is 11.3 Å². The van der Waals surface area contributed by atoms with E-state index in [-0.39, 0.29) is 0 Å². The summed E-state index contributed by atoms with van der Waals surface area (Å²) in [5, 5.41) is 6.70. The summed E-state index contributed by atoms with van der Waals surface area (Å²) in [6.45, 7) is 4.60. The van der Waals surface area contributed by atoms with Crippen LogP contribution in [0.5, 0.6) is 0 Å². The number of nitrogens with one attached hydrogen (secondary N) is 1. The van der Waals surface area contributed by atoms with Crippen molar-refractivity contribution in [3.05, 3.63) is 174 Å². The van der Waals surface area contributed by atoms with E-state index in [1.807, 2.05) is 29.5 Å². The number of aryl methyl sites for hydroxylation is 1. The van der Waals surface area contributed by atoms with Gasteiger partial charge in [-0.05, 0) is 117 Å². The van der Waals surface area contributed by atoms with Gasteiger partial charge in [-0.2, -0.15) is 0 Å². The van der Waals surface area contributed by atoms with E-state index in [2.05, 4.69) is 147 Å². The van der Waals surface area contributed by atoms with Gasteiger partial charge in [-0.25, -0.2) is 0 Å².